The van der Waals surface area contributed by atoms with E-state index < -0.39 is 0 Å². The van der Waals surface area contributed by atoms with Crippen LogP contribution in [-0.2, 0) is 0 Å². The highest BCUT2D eigenvalue weighted by atomic mass is 32.1. The summed E-state index contributed by atoms with van der Waals surface area (Å²) in [5.74, 6) is -0.226. The van der Waals surface area contributed by atoms with Crippen molar-refractivity contribution in [1.82, 2.24) is 15.0 Å². The number of nitrogens with one attached hydrogen (secondary N) is 2. The van der Waals surface area contributed by atoms with Gasteiger partial charge in [0.05, 0.1) is 15.8 Å². The van der Waals surface area contributed by atoms with E-state index in [4.69, 9.17) is 5.73 Å². The summed E-state index contributed by atoms with van der Waals surface area (Å²) in [6, 6.07) is 8.56. The van der Waals surface area contributed by atoms with E-state index in [1.807, 2.05) is 13.0 Å². The Kier molecular flexibility index (Phi) is 4.88. The van der Waals surface area contributed by atoms with E-state index in [0.717, 1.165) is 5.56 Å². The van der Waals surface area contributed by atoms with Crippen molar-refractivity contribution >= 4 is 50.6 Å². The molecule has 1 aromatic carbocycles. The first-order valence-corrected chi connectivity index (χ1v) is 9.52. The Bertz CT molecular complexity index is 1220. The molecule has 0 aliphatic carbocycles. The highest BCUT2D eigenvalue weighted by Crippen LogP contribution is 2.29. The molecule has 0 aliphatic rings. The third-order valence-corrected chi connectivity index (χ3v) is 5.30. The fraction of sp³-hybridized carbons (Fsp3) is 0.0500. The van der Waals surface area contributed by atoms with Crippen molar-refractivity contribution in [3.8, 4) is 0 Å². The molecule has 0 radical (unpaired) electrons. The number of nitrogens with zero attached hydrogens (tertiary/aromatic N) is 3. The van der Waals surface area contributed by atoms with Gasteiger partial charge in [-0.2, -0.15) is 0 Å². The Labute approximate surface area is 169 Å². The van der Waals surface area contributed by atoms with Crippen LogP contribution in [0.3, 0.4) is 0 Å². The van der Waals surface area contributed by atoms with Crippen LogP contribution < -0.4 is 16.4 Å². The zero-order chi connectivity index (χ0) is 20.4. The zero-order valence-corrected chi connectivity index (χ0v) is 16.2. The molecule has 4 aromatic rings. The second-order valence-corrected chi connectivity index (χ2v) is 7.14. The summed E-state index contributed by atoms with van der Waals surface area (Å²) in [4.78, 5) is 37.2. The van der Waals surface area contributed by atoms with Crippen molar-refractivity contribution in [1.29, 1.82) is 0 Å². The normalized spacial score (nSPS) is 10.7. The van der Waals surface area contributed by atoms with Gasteiger partial charge < -0.3 is 16.4 Å². The van der Waals surface area contributed by atoms with Crippen molar-refractivity contribution in [2.24, 2.45) is 0 Å². The minimum Gasteiger partial charge on any atom is -0.382 e. The number of pyridine rings is 1. The van der Waals surface area contributed by atoms with Crippen LogP contribution in [0.2, 0.25) is 0 Å². The number of fused-ring (bicyclic) bond motifs is 1. The van der Waals surface area contributed by atoms with Gasteiger partial charge in [0.1, 0.15) is 12.1 Å². The van der Waals surface area contributed by atoms with Crippen LogP contribution in [0.15, 0.2) is 54.4 Å². The van der Waals surface area contributed by atoms with Crippen LogP contribution in [-0.4, -0.2) is 26.8 Å². The van der Waals surface area contributed by atoms with Gasteiger partial charge in [0.2, 0.25) is 0 Å². The van der Waals surface area contributed by atoms with Crippen molar-refractivity contribution in [3.05, 3.63) is 71.1 Å². The van der Waals surface area contributed by atoms with E-state index in [-0.39, 0.29) is 11.8 Å². The lowest BCUT2D eigenvalue weighted by molar-refractivity contribution is 0.102. The van der Waals surface area contributed by atoms with Gasteiger partial charge in [-0.15, -0.1) is 11.3 Å². The van der Waals surface area contributed by atoms with Crippen LogP contribution in [0.5, 0.6) is 0 Å². The number of hydrogen-bond acceptors (Lipinski definition) is 7. The predicted octanol–water partition coefficient (Wildman–Crippen LogP) is 3.48. The first-order valence-electron chi connectivity index (χ1n) is 8.64. The highest BCUT2D eigenvalue weighted by molar-refractivity contribution is 7.18. The van der Waals surface area contributed by atoms with Crippen molar-refractivity contribution in [2.45, 2.75) is 6.92 Å². The average Bonchev–Trinajstić information content (AvgIpc) is 3.17. The van der Waals surface area contributed by atoms with Crippen LogP contribution >= 0.6 is 11.3 Å². The smallest absolute Gasteiger partial charge is 0.258 e. The van der Waals surface area contributed by atoms with Gasteiger partial charge in [-0.1, -0.05) is 6.07 Å². The summed E-state index contributed by atoms with van der Waals surface area (Å²) in [7, 11) is 0. The molecule has 4 N–H and O–H groups in total. The summed E-state index contributed by atoms with van der Waals surface area (Å²) in [6.07, 6.45) is 4.44. The number of thiophene rings is 1. The molecule has 0 fully saturated rings. The lowest BCUT2D eigenvalue weighted by Crippen LogP contribution is -2.14. The predicted molar refractivity (Wildman–Crippen MR) is 113 cm³/mol. The second kappa shape index (κ2) is 7.64. The zero-order valence-electron chi connectivity index (χ0n) is 15.3. The first-order chi connectivity index (χ1) is 14.0. The van der Waals surface area contributed by atoms with Crippen molar-refractivity contribution < 1.29 is 9.59 Å². The number of amides is 2. The number of rotatable bonds is 4. The minimum atomic E-state index is -0.310. The molecule has 3 aromatic heterocycles. The van der Waals surface area contributed by atoms with E-state index in [1.54, 1.807) is 42.0 Å². The summed E-state index contributed by atoms with van der Waals surface area (Å²) < 4.78 is 0.674. The van der Waals surface area contributed by atoms with Gasteiger partial charge in [-0.25, -0.2) is 9.97 Å². The van der Waals surface area contributed by atoms with E-state index in [0.29, 0.717) is 38.5 Å². The van der Waals surface area contributed by atoms with Crippen LogP contribution in [0.25, 0.3) is 10.2 Å². The molecule has 0 saturated carbocycles. The van der Waals surface area contributed by atoms with E-state index in [1.165, 1.54) is 17.7 Å². The lowest BCUT2D eigenvalue weighted by Gasteiger charge is -2.11. The molecule has 2 amide bonds. The van der Waals surface area contributed by atoms with Gasteiger partial charge in [-0.05, 0) is 36.8 Å². The number of hydrogen-bond donors (Lipinski definition) is 3. The maximum atomic E-state index is 12.8. The standard InChI is InChI=1S/C20H16N6O2S/c1-11-2-3-13(25-19(27)12-4-6-22-7-5-12)8-15(11)26-20(28)14-9-29-17-16(14)23-10-24-18(17)21/h2-10H,1H3,(H,25,27)(H,26,28)(H2,21,23,24). The SMILES string of the molecule is Cc1ccc(NC(=O)c2ccncc2)cc1NC(=O)c1csc2c(N)ncnc12. The fourth-order valence-corrected chi connectivity index (χ4v) is 3.66. The quantitative estimate of drug-likeness (QED) is 0.478. The molecular weight excluding hydrogens is 388 g/mol. The number of nitrogens with two attached hydrogens (primary N) is 1. The topological polar surface area (TPSA) is 123 Å². The van der Waals surface area contributed by atoms with Gasteiger partial charge in [0.15, 0.2) is 0 Å². The maximum Gasteiger partial charge on any atom is 0.258 e. The number of anilines is 3. The summed E-state index contributed by atoms with van der Waals surface area (Å²) in [5, 5.41) is 7.40. The molecule has 0 unspecified atom stereocenters. The Morgan fingerprint density at radius 1 is 1.03 bits per heavy atom. The molecule has 0 atom stereocenters. The molecule has 0 aliphatic heterocycles. The number of benzene rings is 1. The van der Waals surface area contributed by atoms with Gasteiger partial charge in [0, 0.05) is 34.7 Å². The Balaban J connectivity index is 1.57. The molecule has 0 saturated heterocycles. The summed E-state index contributed by atoms with van der Waals surface area (Å²) in [5.41, 5.74) is 9.28. The van der Waals surface area contributed by atoms with Crippen LogP contribution in [0, 0.1) is 6.92 Å². The Morgan fingerprint density at radius 3 is 2.62 bits per heavy atom. The fourth-order valence-electron chi connectivity index (χ4n) is 2.76. The molecule has 144 valence electrons. The lowest BCUT2D eigenvalue weighted by atomic mass is 10.1. The molecule has 29 heavy (non-hydrogen) atoms. The highest BCUT2D eigenvalue weighted by Gasteiger charge is 2.17. The number of aromatic nitrogens is 3. The molecule has 0 bridgehead atoms. The third kappa shape index (κ3) is 3.76. The van der Waals surface area contributed by atoms with Crippen molar-refractivity contribution in [3.63, 3.8) is 0 Å². The van der Waals surface area contributed by atoms with Crippen LogP contribution in [0.4, 0.5) is 17.2 Å². The maximum absolute atomic E-state index is 12.8. The van der Waals surface area contributed by atoms with Gasteiger partial charge in [-0.3, -0.25) is 14.6 Å². The number of carbonyl (C=O) groups excluding carboxylic acids is 2. The minimum absolute atomic E-state index is 0.260. The Hall–Kier alpha value is -3.85. The van der Waals surface area contributed by atoms with E-state index >= 15 is 0 Å². The first kappa shape index (κ1) is 18.5. The molecule has 9 heteroatoms. The molecule has 4 rings (SSSR count). The average molecular weight is 404 g/mol. The number of nitrogen functional groups attached to an aromatic ring is 1. The summed E-state index contributed by atoms with van der Waals surface area (Å²) >= 11 is 1.32. The van der Waals surface area contributed by atoms with E-state index in [9.17, 15) is 9.59 Å². The van der Waals surface area contributed by atoms with Crippen LogP contribution in [0.1, 0.15) is 26.3 Å². The van der Waals surface area contributed by atoms with Gasteiger partial charge in [0.25, 0.3) is 11.8 Å². The molecule has 8 nitrogen and oxygen atoms in total. The molecule has 3 heterocycles. The van der Waals surface area contributed by atoms with Gasteiger partial charge >= 0.3 is 0 Å². The third-order valence-electron chi connectivity index (χ3n) is 4.31. The van der Waals surface area contributed by atoms with E-state index in [2.05, 4.69) is 25.6 Å². The monoisotopic (exact) mass is 404 g/mol. The molecular formula is C20H16N6O2S. The largest absolute Gasteiger partial charge is 0.382 e. The molecule has 0 spiro atoms. The van der Waals surface area contributed by atoms with Crippen molar-refractivity contribution in [2.75, 3.05) is 16.4 Å². The Morgan fingerprint density at radius 2 is 1.83 bits per heavy atom. The number of carbonyl (C=O) groups is 2. The number of aryl methyl sites for hydroxylation is 1. The summed E-state index contributed by atoms with van der Waals surface area (Å²) in [6.45, 7) is 1.87. The second-order valence-electron chi connectivity index (χ2n) is 6.26.